The molecule has 0 aliphatic carbocycles. The van der Waals surface area contributed by atoms with Crippen LogP contribution in [0.4, 0.5) is 0 Å². The van der Waals surface area contributed by atoms with Gasteiger partial charge in [-0.05, 0) is 6.42 Å². The highest BCUT2D eigenvalue weighted by Crippen LogP contribution is 2.14. The predicted molar refractivity (Wildman–Crippen MR) is 69.7 cm³/mol. The van der Waals surface area contributed by atoms with Gasteiger partial charge >= 0.3 is 0 Å². The second kappa shape index (κ2) is 7.72. The fourth-order valence-electron chi connectivity index (χ4n) is 1.75. The maximum Gasteiger partial charge on any atom is 0.0594 e. The van der Waals surface area contributed by atoms with E-state index >= 15 is 0 Å². The summed E-state index contributed by atoms with van der Waals surface area (Å²) in [6, 6.07) is 0. The normalized spacial score (nSPS) is 18.9. The summed E-state index contributed by atoms with van der Waals surface area (Å²) < 4.78 is 5.31. The maximum absolute atomic E-state index is 5.97. The van der Waals surface area contributed by atoms with Gasteiger partial charge in [0.2, 0.25) is 0 Å². The molecule has 0 atom stereocenters. The van der Waals surface area contributed by atoms with Crippen LogP contribution in [0, 0.1) is 0 Å². The fourth-order valence-corrected chi connectivity index (χ4v) is 2.60. The molecule has 0 spiro atoms. The summed E-state index contributed by atoms with van der Waals surface area (Å²) in [4.78, 5) is 2.40. The van der Waals surface area contributed by atoms with E-state index in [2.05, 4.69) is 17.1 Å². The lowest BCUT2D eigenvalue weighted by Crippen LogP contribution is -2.51. The Labute approximate surface area is 108 Å². The van der Waals surface area contributed by atoms with Crippen LogP contribution in [0.25, 0.3) is 0 Å². The second-order valence-electron chi connectivity index (χ2n) is 4.28. The first-order valence-electron chi connectivity index (χ1n) is 5.93. The molecule has 0 saturated carbocycles. The van der Waals surface area contributed by atoms with E-state index in [1.165, 1.54) is 0 Å². The Morgan fingerprint density at radius 3 is 2.38 bits per heavy atom. The van der Waals surface area contributed by atoms with Gasteiger partial charge in [0.15, 0.2) is 0 Å². The number of nitrogens with one attached hydrogen (secondary N) is 1. The molecule has 0 aromatic rings. The van der Waals surface area contributed by atoms with E-state index < -0.39 is 0 Å². The molecule has 5 heteroatoms. The van der Waals surface area contributed by atoms with Crippen LogP contribution >= 0.6 is 23.2 Å². The summed E-state index contributed by atoms with van der Waals surface area (Å²) in [5.41, 5.74) is -0.102. The summed E-state index contributed by atoms with van der Waals surface area (Å²) in [6.07, 6.45) is 0.961. The summed E-state index contributed by atoms with van der Waals surface area (Å²) >= 11 is 11.9. The molecule has 1 aliphatic rings. The number of rotatable bonds is 7. The van der Waals surface area contributed by atoms with Gasteiger partial charge in [0.25, 0.3) is 0 Å². The average Bonchev–Trinajstić information content (AvgIpc) is 2.37. The van der Waals surface area contributed by atoms with Crippen LogP contribution in [-0.4, -0.2) is 61.6 Å². The van der Waals surface area contributed by atoms with E-state index in [9.17, 15) is 0 Å². The van der Waals surface area contributed by atoms with Crippen LogP contribution in [0.1, 0.15) is 13.3 Å². The van der Waals surface area contributed by atoms with Crippen molar-refractivity contribution >= 4 is 23.2 Å². The number of nitrogens with zero attached hydrogens (tertiary/aromatic N) is 1. The molecule has 1 heterocycles. The first kappa shape index (κ1) is 14.5. The van der Waals surface area contributed by atoms with Crippen molar-refractivity contribution in [3.8, 4) is 0 Å². The van der Waals surface area contributed by atoms with E-state index in [1.807, 2.05) is 0 Å². The molecule has 1 N–H and O–H groups in total. The minimum absolute atomic E-state index is 0.102. The van der Waals surface area contributed by atoms with Crippen molar-refractivity contribution in [3.05, 3.63) is 0 Å². The number of alkyl halides is 2. The molecule has 0 aromatic carbocycles. The van der Waals surface area contributed by atoms with Crippen LogP contribution < -0.4 is 5.32 Å². The Kier molecular flexibility index (Phi) is 7.01. The van der Waals surface area contributed by atoms with Crippen molar-refractivity contribution in [3.63, 3.8) is 0 Å². The molecular weight excluding hydrogens is 247 g/mol. The molecule has 1 saturated heterocycles. The average molecular weight is 269 g/mol. The summed E-state index contributed by atoms with van der Waals surface area (Å²) in [7, 11) is 0. The first-order chi connectivity index (χ1) is 7.76. The zero-order valence-electron chi connectivity index (χ0n) is 9.98. The third-order valence-electron chi connectivity index (χ3n) is 3.22. The van der Waals surface area contributed by atoms with Gasteiger partial charge in [0.1, 0.15) is 0 Å². The van der Waals surface area contributed by atoms with E-state index in [0.717, 1.165) is 45.8 Å². The monoisotopic (exact) mass is 268 g/mol. The standard InChI is InChI=1S/C11H22Cl2N2O/c1-2-11(9-12,10-13)14-3-4-15-5-7-16-8-6-15/h14H,2-10H2,1H3. The molecule has 1 aliphatic heterocycles. The van der Waals surface area contributed by atoms with Gasteiger partial charge in [-0.2, -0.15) is 0 Å². The Hall–Kier alpha value is 0.460. The largest absolute Gasteiger partial charge is 0.379 e. The van der Waals surface area contributed by atoms with Crippen LogP contribution in [0.3, 0.4) is 0 Å². The zero-order valence-corrected chi connectivity index (χ0v) is 11.5. The number of morpholine rings is 1. The molecule has 1 rings (SSSR count). The van der Waals surface area contributed by atoms with Gasteiger partial charge in [-0.25, -0.2) is 0 Å². The number of halogens is 2. The lowest BCUT2D eigenvalue weighted by molar-refractivity contribution is 0.0377. The van der Waals surface area contributed by atoms with Gasteiger partial charge in [-0.15, -0.1) is 23.2 Å². The predicted octanol–water partition coefficient (Wildman–Crippen LogP) is 1.53. The third-order valence-corrected chi connectivity index (χ3v) is 4.24. The minimum Gasteiger partial charge on any atom is -0.379 e. The second-order valence-corrected chi connectivity index (χ2v) is 4.82. The molecule has 3 nitrogen and oxygen atoms in total. The lowest BCUT2D eigenvalue weighted by atomic mass is 10.0. The highest BCUT2D eigenvalue weighted by atomic mass is 35.5. The van der Waals surface area contributed by atoms with Crippen molar-refractivity contribution in [1.82, 2.24) is 10.2 Å². The highest BCUT2D eigenvalue weighted by Gasteiger charge is 2.25. The van der Waals surface area contributed by atoms with Crippen molar-refractivity contribution < 1.29 is 4.74 Å². The number of hydrogen-bond donors (Lipinski definition) is 1. The van der Waals surface area contributed by atoms with Crippen LogP contribution in [-0.2, 0) is 4.74 Å². The van der Waals surface area contributed by atoms with Gasteiger partial charge < -0.3 is 10.1 Å². The van der Waals surface area contributed by atoms with E-state index in [4.69, 9.17) is 27.9 Å². The maximum atomic E-state index is 5.97. The molecule has 0 aromatic heterocycles. The first-order valence-corrected chi connectivity index (χ1v) is 7.00. The molecule has 16 heavy (non-hydrogen) atoms. The van der Waals surface area contributed by atoms with Crippen molar-refractivity contribution in [2.45, 2.75) is 18.9 Å². The van der Waals surface area contributed by atoms with Crippen molar-refractivity contribution in [1.29, 1.82) is 0 Å². The number of ether oxygens (including phenoxy) is 1. The summed E-state index contributed by atoms with van der Waals surface area (Å²) in [5, 5.41) is 3.48. The van der Waals surface area contributed by atoms with Crippen molar-refractivity contribution in [2.24, 2.45) is 0 Å². The lowest BCUT2D eigenvalue weighted by Gasteiger charge is -2.32. The molecule has 0 amide bonds. The topological polar surface area (TPSA) is 24.5 Å². The van der Waals surface area contributed by atoms with Crippen LogP contribution in [0.15, 0.2) is 0 Å². The number of hydrogen-bond acceptors (Lipinski definition) is 3. The summed E-state index contributed by atoms with van der Waals surface area (Å²) in [6.45, 7) is 7.86. The van der Waals surface area contributed by atoms with Gasteiger partial charge in [-0.3, -0.25) is 4.90 Å². The Bertz CT molecular complexity index is 175. The van der Waals surface area contributed by atoms with Crippen molar-refractivity contribution in [2.75, 3.05) is 51.2 Å². The Balaban J connectivity index is 2.21. The molecule has 1 fully saturated rings. The summed E-state index contributed by atoms with van der Waals surface area (Å²) in [5.74, 6) is 1.13. The molecular formula is C11H22Cl2N2O. The molecule has 0 bridgehead atoms. The van der Waals surface area contributed by atoms with Crippen LogP contribution in [0.2, 0.25) is 0 Å². The zero-order chi connectivity index (χ0) is 11.9. The molecule has 0 unspecified atom stereocenters. The Morgan fingerprint density at radius 2 is 1.88 bits per heavy atom. The van der Waals surface area contributed by atoms with E-state index in [-0.39, 0.29) is 5.54 Å². The minimum atomic E-state index is -0.102. The third kappa shape index (κ3) is 4.38. The quantitative estimate of drug-likeness (QED) is 0.709. The van der Waals surface area contributed by atoms with E-state index in [1.54, 1.807) is 0 Å². The van der Waals surface area contributed by atoms with Gasteiger partial charge in [0, 0.05) is 43.5 Å². The Morgan fingerprint density at radius 1 is 1.25 bits per heavy atom. The molecule has 96 valence electrons. The fraction of sp³-hybridized carbons (Fsp3) is 1.00. The van der Waals surface area contributed by atoms with Crippen LogP contribution in [0.5, 0.6) is 0 Å². The van der Waals surface area contributed by atoms with Gasteiger partial charge in [0.05, 0.1) is 13.2 Å². The smallest absolute Gasteiger partial charge is 0.0594 e. The van der Waals surface area contributed by atoms with E-state index in [0.29, 0.717) is 11.8 Å². The van der Waals surface area contributed by atoms with Gasteiger partial charge in [-0.1, -0.05) is 6.92 Å². The SMILES string of the molecule is CCC(CCl)(CCl)NCCN1CCOCC1. The highest BCUT2D eigenvalue weighted by molar-refractivity contribution is 6.22. The molecule has 0 radical (unpaired) electrons.